The number of hydrogen-bond donors (Lipinski definition) is 1. The van der Waals surface area contributed by atoms with Gasteiger partial charge in [0.15, 0.2) is 0 Å². The van der Waals surface area contributed by atoms with E-state index >= 15 is 0 Å². The third kappa shape index (κ3) is 13.6. The summed E-state index contributed by atoms with van der Waals surface area (Å²) in [5, 5.41) is 11.3. The van der Waals surface area contributed by atoms with Crippen molar-refractivity contribution in [2.45, 2.75) is 61.0 Å². The Morgan fingerprint density at radius 1 is 0.645 bits per heavy atom. The Morgan fingerprint density at radius 2 is 0.903 bits per heavy atom. The molecule has 0 aliphatic heterocycles. The van der Waals surface area contributed by atoms with Gasteiger partial charge in [0.05, 0.1) is 5.60 Å². The molecule has 0 heterocycles. The smallest absolute Gasteiger partial charge is 0.0563 e. The van der Waals surface area contributed by atoms with Crippen LogP contribution in [0.25, 0.3) is 5.59 Å². The van der Waals surface area contributed by atoms with E-state index in [0.717, 1.165) is 8.58 Å². The first-order chi connectivity index (χ1) is 14.0. The fraction of sp³-hybridized carbons (Fsp3) is 0.346. The van der Waals surface area contributed by atoms with Gasteiger partial charge in [-0.1, -0.05) is 87.3 Å². The molecule has 2 aromatic rings. The molecule has 0 unspecified atom stereocenters. The van der Waals surface area contributed by atoms with E-state index in [0.29, 0.717) is 0 Å². The summed E-state index contributed by atoms with van der Waals surface area (Å²) in [6.07, 6.45) is 0. The Labute approximate surface area is 205 Å². The number of allylic oxidation sites excluding steroid dienone is 4. The van der Waals surface area contributed by atoms with Gasteiger partial charge in [-0.05, 0) is 70.2 Å². The number of nitroso groups, excluding NO2 is 1. The van der Waals surface area contributed by atoms with Gasteiger partial charge in [-0.25, -0.2) is 0 Å². The second kappa shape index (κ2) is 16.3. The van der Waals surface area contributed by atoms with Gasteiger partial charge in [0.2, 0.25) is 0 Å². The zero-order valence-corrected chi connectivity index (χ0v) is 23.0. The van der Waals surface area contributed by atoms with E-state index in [2.05, 4.69) is 95.3 Å². The molecule has 0 amide bonds. The van der Waals surface area contributed by atoms with Gasteiger partial charge in [0.1, 0.15) is 0 Å². The van der Waals surface area contributed by atoms with Crippen LogP contribution < -0.4 is 10.6 Å². The molecule has 1 aliphatic carbocycles. The molecule has 0 aromatic heterocycles. The van der Waals surface area contributed by atoms with Gasteiger partial charge in [-0.2, -0.15) is 0 Å². The fourth-order valence-electron chi connectivity index (χ4n) is 2.62. The maximum Gasteiger partial charge on any atom is 0.0563 e. The second-order valence-electron chi connectivity index (χ2n) is 8.15. The molecule has 31 heavy (non-hydrogen) atoms. The van der Waals surface area contributed by atoms with Crippen LogP contribution in [0, 0.1) is 10.8 Å². The van der Waals surface area contributed by atoms with Crippen LogP contribution in [0.15, 0.2) is 83.0 Å². The average Bonchev–Trinajstić information content (AvgIpc) is 2.88. The van der Waals surface area contributed by atoms with Crippen LogP contribution >= 0.6 is 8.58 Å². The molecule has 2 aromatic carbocycles. The first-order valence-electron chi connectivity index (χ1n) is 9.98. The van der Waals surface area contributed by atoms with Gasteiger partial charge in [0, 0.05) is 27.0 Å². The van der Waals surface area contributed by atoms with Crippen molar-refractivity contribution in [1.82, 2.24) is 0 Å². The summed E-state index contributed by atoms with van der Waals surface area (Å²) in [6.45, 7) is 16.2. The molecule has 0 atom stereocenters. The van der Waals surface area contributed by atoms with Crippen LogP contribution in [0.2, 0.25) is 0 Å². The summed E-state index contributed by atoms with van der Waals surface area (Å²) < 4.78 is 0. The SMILES string of the molecule is CC(C)(C)O.C[C]1C(C)=C(C)C(C)=C1C.[Mo].[N-]=O.c1ccc(Pc2ccccc2)cc1. The summed E-state index contributed by atoms with van der Waals surface area (Å²) >= 11 is 0. The minimum Gasteiger partial charge on any atom is -0.577 e. The average molecular weight is 521 g/mol. The van der Waals surface area contributed by atoms with E-state index < -0.39 is 5.60 Å². The summed E-state index contributed by atoms with van der Waals surface area (Å²) in [4.78, 5) is 7.25. The standard InChI is InChI=1S/C12H11P.C10H15.C4H10O.Mo.NO/c1-3-7-11(8-4-1)13-12-9-5-2-6-10-12;1-6-7(2)9(4)10(5)8(6)3;1-4(2,3)5;;1-2/h1-10,13H;1-5H3;5H,1-3H3;;/q;;;;-1. The molecule has 3 rings (SSSR count). The normalized spacial score (nSPS) is 13.1. The Hall–Kier alpha value is -1.40. The van der Waals surface area contributed by atoms with E-state index in [4.69, 9.17) is 15.6 Å². The largest absolute Gasteiger partial charge is 0.577 e. The molecule has 0 fully saturated rings. The molecule has 5 heteroatoms. The zero-order chi connectivity index (χ0) is 23.3. The van der Waals surface area contributed by atoms with Crippen LogP contribution in [0.3, 0.4) is 0 Å². The maximum absolute atomic E-state index is 8.52. The van der Waals surface area contributed by atoms with Gasteiger partial charge in [0.25, 0.3) is 0 Å². The van der Waals surface area contributed by atoms with Crippen molar-refractivity contribution in [2.75, 3.05) is 0 Å². The molecule has 0 bridgehead atoms. The van der Waals surface area contributed by atoms with E-state index in [9.17, 15) is 0 Å². The Bertz CT molecular complexity index is 745. The Kier molecular flexibility index (Phi) is 16.7. The number of aliphatic hydroxyl groups is 1. The Balaban J connectivity index is 0. The third-order valence-corrected chi connectivity index (χ3v) is 5.89. The van der Waals surface area contributed by atoms with Gasteiger partial charge in [-0.15, -0.1) is 0 Å². The van der Waals surface area contributed by atoms with Crippen LogP contribution in [0.1, 0.15) is 55.4 Å². The topological polar surface area (TPSA) is 59.6 Å². The van der Waals surface area contributed by atoms with Crippen molar-refractivity contribution in [2.24, 2.45) is 0 Å². The first kappa shape index (κ1) is 31.8. The second-order valence-corrected chi connectivity index (χ2v) is 9.56. The summed E-state index contributed by atoms with van der Waals surface area (Å²) in [5.41, 5.74) is 11.1. The third-order valence-electron chi connectivity index (χ3n) is 4.65. The van der Waals surface area contributed by atoms with Crippen molar-refractivity contribution in [3.63, 3.8) is 0 Å². The predicted molar refractivity (Wildman–Crippen MR) is 135 cm³/mol. The molecule has 3 nitrogen and oxygen atoms in total. The van der Waals surface area contributed by atoms with E-state index in [1.165, 1.54) is 38.8 Å². The summed E-state index contributed by atoms with van der Waals surface area (Å²) in [7, 11) is 0.777. The molecular weight excluding hydrogens is 485 g/mol. The summed E-state index contributed by atoms with van der Waals surface area (Å²) in [6, 6.07) is 21.2. The predicted octanol–water partition coefficient (Wildman–Crippen LogP) is 6.68. The van der Waals surface area contributed by atoms with Crippen molar-refractivity contribution in [1.29, 1.82) is 0 Å². The van der Waals surface area contributed by atoms with Crippen molar-refractivity contribution < 1.29 is 26.2 Å². The molecule has 0 spiro atoms. The fourth-order valence-corrected chi connectivity index (χ4v) is 3.67. The van der Waals surface area contributed by atoms with Crippen LogP contribution in [0.4, 0.5) is 0 Å². The van der Waals surface area contributed by atoms with Gasteiger partial charge < -0.3 is 15.6 Å². The molecule has 169 valence electrons. The molecule has 1 N–H and O–H groups in total. The summed E-state index contributed by atoms with van der Waals surface area (Å²) in [5.74, 6) is 1.47. The van der Waals surface area contributed by atoms with Crippen molar-refractivity contribution >= 4 is 19.2 Å². The number of nitrogens with zero attached hydrogens (tertiary/aromatic N) is 1. The van der Waals surface area contributed by atoms with Crippen LogP contribution in [-0.4, -0.2) is 10.7 Å². The number of benzene rings is 2. The molecule has 1 radical (unpaired) electrons. The quantitative estimate of drug-likeness (QED) is 0.354. The van der Waals surface area contributed by atoms with Crippen molar-refractivity contribution in [3.05, 3.63) is 99.4 Å². The minimum absolute atomic E-state index is 0. The Morgan fingerprint density at radius 3 is 1.10 bits per heavy atom. The van der Waals surface area contributed by atoms with Gasteiger partial charge >= 0.3 is 0 Å². The van der Waals surface area contributed by atoms with Gasteiger partial charge in [-0.3, -0.25) is 0 Å². The number of rotatable bonds is 2. The molecular formula is C26H36MoNO2P-. The van der Waals surface area contributed by atoms with Crippen molar-refractivity contribution in [3.8, 4) is 0 Å². The molecule has 0 saturated carbocycles. The van der Waals surface area contributed by atoms with Crippen LogP contribution in [0.5, 0.6) is 0 Å². The van der Waals surface area contributed by atoms with Crippen LogP contribution in [-0.2, 0) is 21.1 Å². The first-order valence-corrected chi connectivity index (χ1v) is 11.0. The molecule has 0 saturated heterocycles. The molecule has 1 aliphatic rings. The zero-order valence-electron chi connectivity index (χ0n) is 20.0. The monoisotopic (exact) mass is 523 g/mol. The number of hydrogen-bond acceptors (Lipinski definition) is 2. The van der Waals surface area contributed by atoms with E-state index in [-0.39, 0.29) is 21.1 Å². The van der Waals surface area contributed by atoms with E-state index in [1.807, 2.05) is 0 Å². The minimum atomic E-state index is -0.500. The maximum atomic E-state index is 8.52. The van der Waals surface area contributed by atoms with E-state index in [1.54, 1.807) is 20.8 Å².